The first-order chi connectivity index (χ1) is 28.2. The van der Waals surface area contributed by atoms with E-state index in [0.717, 1.165) is 49.9 Å². The van der Waals surface area contributed by atoms with Gasteiger partial charge in [0.05, 0.1) is 22.8 Å². The molecule has 0 aliphatic heterocycles. The van der Waals surface area contributed by atoms with E-state index in [0.29, 0.717) is 0 Å². The number of allylic oxidation sites excluding steroid dienone is 2. The first-order valence-electron chi connectivity index (χ1n) is 24.9. The summed E-state index contributed by atoms with van der Waals surface area (Å²) in [6.07, 6.45) is 53.0. The van der Waals surface area contributed by atoms with Crippen molar-refractivity contribution in [3.05, 3.63) is 71.8 Å². The molecule has 0 saturated heterocycles. The zero-order chi connectivity index (χ0) is 40.7. The van der Waals surface area contributed by atoms with Gasteiger partial charge in [0.2, 0.25) is 0 Å². The Morgan fingerprint density at radius 3 is 0.948 bits per heavy atom. The molecule has 58 heavy (non-hydrogen) atoms. The molecular formula is C55H90N2Ni. The van der Waals surface area contributed by atoms with Crippen LogP contribution in [-0.2, 0) is 16.5 Å². The van der Waals surface area contributed by atoms with Gasteiger partial charge in [0.1, 0.15) is 0 Å². The third-order valence-corrected chi connectivity index (χ3v) is 11.5. The Kier molecular flexibility index (Phi) is 37.2. The molecule has 0 fully saturated rings. The van der Waals surface area contributed by atoms with Crippen molar-refractivity contribution in [1.29, 1.82) is 0 Å². The van der Waals surface area contributed by atoms with Gasteiger partial charge >= 0.3 is 0 Å². The van der Waals surface area contributed by atoms with Crippen LogP contribution < -0.4 is 0 Å². The molecule has 0 saturated carbocycles. The molecule has 0 spiro atoms. The van der Waals surface area contributed by atoms with Gasteiger partial charge in [-0.05, 0) is 86.8 Å². The fraction of sp³-hybridized carbons (Fsp3) is 0.673. The second kappa shape index (κ2) is 40.2. The fourth-order valence-electron chi connectivity index (χ4n) is 7.69. The topological polar surface area (TPSA) is 24.7 Å². The molecular weight excluding hydrogens is 747 g/mol. The maximum Gasteiger partial charge on any atom is 0.0634 e. The Hall–Kier alpha value is -2.25. The molecule has 0 aliphatic rings. The zero-order valence-corrected chi connectivity index (χ0v) is 39.5. The van der Waals surface area contributed by atoms with E-state index in [4.69, 9.17) is 9.98 Å². The Balaban J connectivity index is 0.0000168. The standard InChI is InChI=1S/C55H90N2.Ni/c1-5-9-13-16-19-20-21-22-23-24-25-26-27-28-29-30-31-34-37-41-55(57-53-48-44-51(45-49-53)39-36-33-18-15-11-7-3)54(40-12-8-4)56-52-46-42-50(43-47-52)38-35-32-17-14-10-6-2;/h35-36,38-39,42-49H,5-34,37,40-41H2,1-4H3;. The maximum absolute atomic E-state index is 5.34. The van der Waals surface area contributed by atoms with E-state index in [1.54, 1.807) is 0 Å². The second-order valence-electron chi connectivity index (χ2n) is 17.0. The summed E-state index contributed by atoms with van der Waals surface area (Å²) in [7, 11) is 0. The van der Waals surface area contributed by atoms with Gasteiger partial charge in [0, 0.05) is 16.5 Å². The molecule has 3 heteroatoms. The molecule has 0 atom stereocenters. The first kappa shape index (κ1) is 53.8. The van der Waals surface area contributed by atoms with E-state index in [-0.39, 0.29) is 16.5 Å². The molecule has 330 valence electrons. The molecule has 0 bridgehead atoms. The number of unbranched alkanes of at least 4 members (excludes halogenated alkanes) is 27. The second-order valence-corrected chi connectivity index (χ2v) is 17.0. The largest absolute Gasteiger partial charge is 0.252 e. The van der Waals surface area contributed by atoms with Gasteiger partial charge in [-0.1, -0.05) is 237 Å². The summed E-state index contributed by atoms with van der Waals surface area (Å²) in [5.74, 6) is 0. The van der Waals surface area contributed by atoms with Crippen molar-refractivity contribution in [3.63, 3.8) is 0 Å². The molecule has 0 radical (unpaired) electrons. The van der Waals surface area contributed by atoms with E-state index in [2.05, 4.69) is 101 Å². The van der Waals surface area contributed by atoms with Gasteiger partial charge in [-0.15, -0.1) is 0 Å². The average Bonchev–Trinajstić information content (AvgIpc) is 3.23. The van der Waals surface area contributed by atoms with E-state index in [1.807, 2.05) is 0 Å². The number of aliphatic imine (C=N–C) groups is 2. The minimum Gasteiger partial charge on any atom is -0.252 e. The Labute approximate surface area is 371 Å². The fourth-order valence-corrected chi connectivity index (χ4v) is 7.69. The normalized spacial score (nSPS) is 12.3. The molecule has 2 nitrogen and oxygen atoms in total. The summed E-state index contributed by atoms with van der Waals surface area (Å²) in [5, 5.41) is 0. The van der Waals surface area contributed by atoms with Crippen LogP contribution in [0.5, 0.6) is 0 Å². The molecule has 0 N–H and O–H groups in total. The summed E-state index contributed by atoms with van der Waals surface area (Å²) in [6, 6.07) is 17.7. The summed E-state index contributed by atoms with van der Waals surface area (Å²) < 4.78 is 0. The molecule has 2 aromatic carbocycles. The minimum atomic E-state index is 0. The van der Waals surface area contributed by atoms with Crippen LogP contribution in [0.25, 0.3) is 12.2 Å². The van der Waals surface area contributed by atoms with Crippen LogP contribution in [0.4, 0.5) is 11.4 Å². The van der Waals surface area contributed by atoms with Gasteiger partial charge in [-0.25, -0.2) is 0 Å². The van der Waals surface area contributed by atoms with Crippen molar-refractivity contribution in [2.24, 2.45) is 9.98 Å². The molecule has 2 rings (SSSR count). The van der Waals surface area contributed by atoms with Crippen molar-refractivity contribution in [2.45, 2.75) is 240 Å². The van der Waals surface area contributed by atoms with Crippen LogP contribution in [0.1, 0.15) is 251 Å². The maximum atomic E-state index is 5.34. The molecule has 0 heterocycles. The van der Waals surface area contributed by atoms with E-state index in [1.165, 1.54) is 196 Å². The van der Waals surface area contributed by atoms with Crippen molar-refractivity contribution < 1.29 is 16.5 Å². The summed E-state index contributed by atoms with van der Waals surface area (Å²) in [4.78, 5) is 10.6. The average molecular weight is 838 g/mol. The molecule has 0 amide bonds. The monoisotopic (exact) mass is 837 g/mol. The van der Waals surface area contributed by atoms with Gasteiger partial charge < -0.3 is 0 Å². The van der Waals surface area contributed by atoms with E-state index < -0.39 is 0 Å². The van der Waals surface area contributed by atoms with Crippen LogP contribution in [0.15, 0.2) is 70.7 Å². The van der Waals surface area contributed by atoms with Crippen LogP contribution in [0.2, 0.25) is 0 Å². The van der Waals surface area contributed by atoms with Crippen LogP contribution in [-0.4, -0.2) is 11.4 Å². The van der Waals surface area contributed by atoms with Crippen molar-refractivity contribution in [2.75, 3.05) is 0 Å². The number of benzene rings is 2. The summed E-state index contributed by atoms with van der Waals surface area (Å²) in [6.45, 7) is 9.14. The third-order valence-electron chi connectivity index (χ3n) is 11.5. The Morgan fingerprint density at radius 1 is 0.345 bits per heavy atom. The predicted octanol–water partition coefficient (Wildman–Crippen LogP) is 19.5. The van der Waals surface area contributed by atoms with Crippen molar-refractivity contribution in [1.82, 2.24) is 0 Å². The SMILES string of the molecule is CCCCCCC=Cc1ccc(N=C(CCCC)C(CCCCCCCCCCCCCCCCCCCCC)=Nc2ccc(C=CCCCCCC)cc2)cc1.[Ni]. The minimum absolute atomic E-state index is 0. The molecule has 0 aromatic heterocycles. The van der Waals surface area contributed by atoms with E-state index in [9.17, 15) is 0 Å². The van der Waals surface area contributed by atoms with Gasteiger partial charge in [-0.2, -0.15) is 0 Å². The smallest absolute Gasteiger partial charge is 0.0634 e. The molecule has 0 aliphatic carbocycles. The van der Waals surface area contributed by atoms with Gasteiger partial charge in [-0.3, -0.25) is 9.98 Å². The zero-order valence-electron chi connectivity index (χ0n) is 38.5. The van der Waals surface area contributed by atoms with Crippen molar-refractivity contribution >= 4 is 35.0 Å². The summed E-state index contributed by atoms with van der Waals surface area (Å²) >= 11 is 0. The van der Waals surface area contributed by atoms with E-state index >= 15 is 0 Å². The number of rotatable bonds is 38. The number of nitrogens with zero attached hydrogens (tertiary/aromatic N) is 2. The summed E-state index contributed by atoms with van der Waals surface area (Å²) in [5.41, 5.74) is 6.98. The predicted molar refractivity (Wildman–Crippen MR) is 260 cm³/mol. The van der Waals surface area contributed by atoms with Crippen LogP contribution >= 0.6 is 0 Å². The number of hydrogen-bond donors (Lipinski definition) is 0. The third kappa shape index (κ3) is 29.9. The first-order valence-corrected chi connectivity index (χ1v) is 24.9. The quantitative estimate of drug-likeness (QED) is 0.0366. The van der Waals surface area contributed by atoms with Crippen LogP contribution in [0, 0.1) is 0 Å². The Bertz CT molecular complexity index is 1300. The van der Waals surface area contributed by atoms with Gasteiger partial charge in [0.15, 0.2) is 0 Å². The molecule has 0 unspecified atom stereocenters. The van der Waals surface area contributed by atoms with Crippen molar-refractivity contribution in [3.8, 4) is 0 Å². The van der Waals surface area contributed by atoms with Crippen LogP contribution in [0.3, 0.4) is 0 Å². The number of hydrogen-bond acceptors (Lipinski definition) is 2. The van der Waals surface area contributed by atoms with Gasteiger partial charge in [0.25, 0.3) is 0 Å². The Morgan fingerprint density at radius 2 is 0.621 bits per heavy atom. The molecule has 2 aromatic rings.